The van der Waals surface area contributed by atoms with Crippen LogP contribution >= 0.6 is 0 Å². The minimum atomic E-state index is -2.73. The Morgan fingerprint density at radius 1 is 1.17 bits per heavy atom. The van der Waals surface area contributed by atoms with Crippen molar-refractivity contribution in [1.82, 2.24) is 15.6 Å². The number of rotatable bonds is 5. The Bertz CT molecular complexity index is 1180. The summed E-state index contributed by atoms with van der Waals surface area (Å²) in [5, 5.41) is 6.24. The molecular weight excluding hydrogens is 464 g/mol. The zero-order valence-corrected chi connectivity index (χ0v) is 19.4. The van der Waals surface area contributed by atoms with E-state index in [2.05, 4.69) is 15.6 Å². The van der Waals surface area contributed by atoms with Crippen LogP contribution in [0, 0.1) is 17.6 Å². The molecule has 1 aromatic heterocycles. The van der Waals surface area contributed by atoms with Gasteiger partial charge in [-0.3, -0.25) is 9.59 Å². The van der Waals surface area contributed by atoms with Crippen LogP contribution < -0.4 is 21.1 Å². The number of hydrogen-bond acceptors (Lipinski definition) is 4. The predicted octanol–water partition coefficient (Wildman–Crippen LogP) is 3.82. The van der Waals surface area contributed by atoms with E-state index in [1.165, 1.54) is 6.20 Å². The van der Waals surface area contributed by atoms with Crippen LogP contribution in [0.25, 0.3) is 11.1 Å². The second-order valence-corrected chi connectivity index (χ2v) is 10.2. The largest absolute Gasteiger partial charge is 0.368 e. The molecule has 0 unspecified atom stereocenters. The quantitative estimate of drug-likeness (QED) is 0.555. The maximum Gasteiger partial charge on any atom is 0.262 e. The summed E-state index contributed by atoms with van der Waals surface area (Å²) < 4.78 is 54.9. The molecule has 10 heteroatoms. The number of pyridine rings is 1. The number of nitrogens with one attached hydrogen (secondary N) is 3. The van der Waals surface area contributed by atoms with E-state index < -0.39 is 41.0 Å². The van der Waals surface area contributed by atoms with Gasteiger partial charge in [-0.2, -0.15) is 0 Å². The minimum absolute atomic E-state index is 0.147. The maximum atomic E-state index is 14.1. The van der Waals surface area contributed by atoms with Crippen LogP contribution in [0.1, 0.15) is 49.4 Å². The van der Waals surface area contributed by atoms with Crippen LogP contribution in [0.2, 0.25) is 0 Å². The number of H-pyrrole nitrogens is 1. The van der Waals surface area contributed by atoms with Crippen molar-refractivity contribution in [2.75, 3.05) is 24.5 Å². The number of halogens is 4. The first kappa shape index (κ1) is 23.8. The Hall–Kier alpha value is -2.88. The normalized spacial score (nSPS) is 24.5. The van der Waals surface area contributed by atoms with Gasteiger partial charge >= 0.3 is 0 Å². The SMILES string of the molecule is C[C@@H](NC(=O)c1c(N2CC[C@@]3(CCCN3)C2)c(-c2cc(F)cc(F)c2)c[nH]c1=O)C1CC(F)(F)C1. The van der Waals surface area contributed by atoms with E-state index in [9.17, 15) is 27.2 Å². The highest BCUT2D eigenvalue weighted by atomic mass is 19.3. The van der Waals surface area contributed by atoms with Crippen LogP contribution in [0.3, 0.4) is 0 Å². The van der Waals surface area contributed by atoms with Crippen molar-refractivity contribution in [3.63, 3.8) is 0 Å². The molecule has 2 aromatic rings. The number of carbonyl (C=O) groups excluding carboxylic acids is 1. The number of aromatic amines is 1. The molecule has 6 nitrogen and oxygen atoms in total. The van der Waals surface area contributed by atoms with Crippen molar-refractivity contribution in [3.05, 3.63) is 51.9 Å². The molecule has 35 heavy (non-hydrogen) atoms. The van der Waals surface area contributed by atoms with E-state index in [4.69, 9.17) is 0 Å². The van der Waals surface area contributed by atoms with Crippen molar-refractivity contribution >= 4 is 11.6 Å². The molecule has 188 valence electrons. The monoisotopic (exact) mass is 492 g/mol. The molecule has 3 heterocycles. The molecule has 0 bridgehead atoms. The molecule has 2 atom stereocenters. The third kappa shape index (κ3) is 4.55. The predicted molar refractivity (Wildman–Crippen MR) is 124 cm³/mol. The molecule has 1 amide bonds. The Kier molecular flexibility index (Phi) is 5.89. The molecule has 0 radical (unpaired) electrons. The summed E-state index contributed by atoms with van der Waals surface area (Å²) in [6, 6.07) is 2.50. The fourth-order valence-electron chi connectivity index (χ4n) is 5.73. The highest BCUT2D eigenvalue weighted by molar-refractivity contribution is 6.03. The van der Waals surface area contributed by atoms with Crippen LogP contribution in [-0.4, -0.2) is 48.0 Å². The smallest absolute Gasteiger partial charge is 0.262 e. The van der Waals surface area contributed by atoms with E-state index in [0.717, 1.165) is 44.0 Å². The van der Waals surface area contributed by atoms with Crippen molar-refractivity contribution in [2.24, 2.45) is 5.92 Å². The summed E-state index contributed by atoms with van der Waals surface area (Å²) in [7, 11) is 0. The van der Waals surface area contributed by atoms with Crippen LogP contribution in [0.4, 0.5) is 23.2 Å². The fourth-order valence-corrected chi connectivity index (χ4v) is 5.73. The van der Waals surface area contributed by atoms with Gasteiger partial charge < -0.3 is 20.5 Å². The Labute approximate surface area is 200 Å². The number of nitrogens with zero attached hydrogens (tertiary/aromatic N) is 1. The number of carbonyl (C=O) groups is 1. The average Bonchev–Trinajstić information content (AvgIpc) is 3.40. The number of alkyl halides is 2. The molecule has 1 saturated carbocycles. The van der Waals surface area contributed by atoms with E-state index in [-0.39, 0.29) is 29.5 Å². The average molecular weight is 493 g/mol. The lowest BCUT2D eigenvalue weighted by Gasteiger charge is -2.39. The highest BCUT2D eigenvalue weighted by Crippen LogP contribution is 2.44. The van der Waals surface area contributed by atoms with Crippen LogP contribution in [0.5, 0.6) is 0 Å². The first-order chi connectivity index (χ1) is 16.6. The Balaban J connectivity index is 1.55. The summed E-state index contributed by atoms with van der Waals surface area (Å²) in [6.45, 7) is 3.60. The van der Waals surface area contributed by atoms with E-state index >= 15 is 0 Å². The van der Waals surface area contributed by atoms with Gasteiger partial charge in [0.2, 0.25) is 5.92 Å². The van der Waals surface area contributed by atoms with Crippen molar-refractivity contribution in [2.45, 2.75) is 56.5 Å². The van der Waals surface area contributed by atoms with E-state index in [1.807, 2.05) is 4.90 Å². The second-order valence-electron chi connectivity index (χ2n) is 10.2. The third-order valence-electron chi connectivity index (χ3n) is 7.66. The molecular formula is C25H28F4N4O2. The molecule has 2 aliphatic heterocycles. The zero-order valence-electron chi connectivity index (χ0n) is 19.4. The fraction of sp³-hybridized carbons (Fsp3) is 0.520. The summed E-state index contributed by atoms with van der Waals surface area (Å²) in [6.07, 6.45) is 3.49. The number of anilines is 1. The van der Waals surface area contributed by atoms with Crippen molar-refractivity contribution in [1.29, 1.82) is 0 Å². The molecule has 3 aliphatic rings. The Morgan fingerprint density at radius 2 is 1.89 bits per heavy atom. The van der Waals surface area contributed by atoms with Gasteiger partial charge in [0.25, 0.3) is 11.5 Å². The summed E-state index contributed by atoms with van der Waals surface area (Å²) >= 11 is 0. The van der Waals surface area contributed by atoms with Crippen LogP contribution in [0.15, 0.2) is 29.2 Å². The number of hydrogen-bond donors (Lipinski definition) is 3. The highest BCUT2D eigenvalue weighted by Gasteiger charge is 2.48. The van der Waals surface area contributed by atoms with Gasteiger partial charge in [0.05, 0.1) is 5.69 Å². The van der Waals surface area contributed by atoms with Gasteiger partial charge in [0.1, 0.15) is 17.2 Å². The zero-order chi connectivity index (χ0) is 25.0. The Morgan fingerprint density at radius 3 is 2.51 bits per heavy atom. The molecule has 3 N–H and O–H groups in total. The van der Waals surface area contributed by atoms with Crippen molar-refractivity contribution in [3.8, 4) is 11.1 Å². The standard InChI is InChI=1S/C25H28F4N4O2/c1-14(16-10-25(28,29)11-16)32-23(35)20-21(33-6-4-24(13-33)3-2-5-31-24)19(12-30-22(20)34)15-7-17(26)9-18(27)8-15/h7-9,12,14,16,31H,2-6,10-11,13H2,1H3,(H,30,34)(H,32,35)/t14-,24+/m1/s1. The third-order valence-corrected chi connectivity index (χ3v) is 7.66. The second kappa shape index (κ2) is 8.65. The molecule has 3 fully saturated rings. The van der Waals surface area contributed by atoms with Gasteiger partial charge in [-0.1, -0.05) is 0 Å². The van der Waals surface area contributed by atoms with Crippen LogP contribution in [-0.2, 0) is 0 Å². The van der Waals surface area contributed by atoms with E-state index in [1.54, 1.807) is 6.92 Å². The van der Waals surface area contributed by atoms with Gasteiger partial charge in [-0.15, -0.1) is 0 Å². The maximum absolute atomic E-state index is 14.1. The van der Waals surface area contributed by atoms with E-state index in [0.29, 0.717) is 24.3 Å². The number of benzene rings is 1. The first-order valence-electron chi connectivity index (χ1n) is 12.0. The van der Waals surface area contributed by atoms with Gasteiger partial charge in [0.15, 0.2) is 0 Å². The molecule has 1 aromatic carbocycles. The summed E-state index contributed by atoms with van der Waals surface area (Å²) in [5.74, 6) is -5.37. The lowest BCUT2D eigenvalue weighted by Crippen LogP contribution is -2.49. The molecule has 1 aliphatic carbocycles. The van der Waals surface area contributed by atoms with Gasteiger partial charge in [-0.05, 0) is 56.3 Å². The first-order valence-corrected chi connectivity index (χ1v) is 12.0. The number of aromatic nitrogens is 1. The van der Waals surface area contributed by atoms with Crippen molar-refractivity contribution < 1.29 is 22.4 Å². The minimum Gasteiger partial charge on any atom is -0.368 e. The topological polar surface area (TPSA) is 77.2 Å². The van der Waals surface area contributed by atoms with Gasteiger partial charge in [-0.25, -0.2) is 17.6 Å². The molecule has 5 rings (SSSR count). The lowest BCUT2D eigenvalue weighted by atomic mass is 9.77. The summed E-state index contributed by atoms with van der Waals surface area (Å²) in [5.41, 5.74) is -0.162. The molecule has 2 saturated heterocycles. The number of amides is 1. The van der Waals surface area contributed by atoms with Gasteiger partial charge in [0, 0.05) is 55.3 Å². The molecule has 1 spiro atoms. The lowest BCUT2D eigenvalue weighted by molar-refractivity contribution is -0.117. The summed E-state index contributed by atoms with van der Waals surface area (Å²) in [4.78, 5) is 30.8.